The SMILES string of the molecule is CC(C)CC(N)c1ccc2cccc(-c3ccnc(NC(=O)c4cccc(F)c4)c3)c2n1. The fraction of sp³-hybridized carbons (Fsp3) is 0.192. The van der Waals surface area contributed by atoms with Crippen LogP contribution in [0.4, 0.5) is 10.2 Å². The summed E-state index contributed by atoms with van der Waals surface area (Å²) >= 11 is 0. The molecule has 162 valence electrons. The normalized spacial score (nSPS) is 12.2. The van der Waals surface area contributed by atoms with Crippen molar-refractivity contribution in [2.24, 2.45) is 11.7 Å². The number of para-hydroxylation sites is 1. The van der Waals surface area contributed by atoms with Crippen molar-refractivity contribution in [1.29, 1.82) is 0 Å². The first-order chi connectivity index (χ1) is 15.4. The van der Waals surface area contributed by atoms with E-state index in [-0.39, 0.29) is 11.6 Å². The van der Waals surface area contributed by atoms with Crippen LogP contribution in [0, 0.1) is 11.7 Å². The van der Waals surface area contributed by atoms with E-state index in [0.717, 1.165) is 34.1 Å². The molecule has 0 fully saturated rings. The van der Waals surface area contributed by atoms with Crippen LogP contribution in [0.3, 0.4) is 0 Å². The van der Waals surface area contributed by atoms with Crippen molar-refractivity contribution in [3.05, 3.63) is 90.0 Å². The van der Waals surface area contributed by atoms with Gasteiger partial charge in [0.2, 0.25) is 0 Å². The highest BCUT2D eigenvalue weighted by Gasteiger charge is 2.14. The number of nitrogens with zero attached hydrogens (tertiary/aromatic N) is 2. The van der Waals surface area contributed by atoms with Crippen molar-refractivity contribution < 1.29 is 9.18 Å². The van der Waals surface area contributed by atoms with E-state index in [9.17, 15) is 9.18 Å². The molecule has 0 radical (unpaired) electrons. The maximum absolute atomic E-state index is 13.4. The van der Waals surface area contributed by atoms with E-state index < -0.39 is 11.7 Å². The van der Waals surface area contributed by atoms with Gasteiger partial charge in [0, 0.05) is 28.8 Å². The van der Waals surface area contributed by atoms with Crippen LogP contribution in [0.25, 0.3) is 22.0 Å². The van der Waals surface area contributed by atoms with E-state index in [1.54, 1.807) is 18.3 Å². The van der Waals surface area contributed by atoms with Crippen LogP contribution in [0.1, 0.15) is 42.4 Å². The second-order valence-corrected chi connectivity index (χ2v) is 8.24. The monoisotopic (exact) mass is 428 g/mol. The van der Waals surface area contributed by atoms with Crippen molar-refractivity contribution in [1.82, 2.24) is 9.97 Å². The van der Waals surface area contributed by atoms with Gasteiger partial charge in [0.15, 0.2) is 0 Å². The van der Waals surface area contributed by atoms with Crippen LogP contribution >= 0.6 is 0 Å². The van der Waals surface area contributed by atoms with Gasteiger partial charge in [-0.3, -0.25) is 9.78 Å². The molecule has 1 amide bonds. The third kappa shape index (κ3) is 4.81. The summed E-state index contributed by atoms with van der Waals surface area (Å²) < 4.78 is 13.4. The molecule has 0 saturated carbocycles. The zero-order chi connectivity index (χ0) is 22.7. The second kappa shape index (κ2) is 9.24. The lowest BCUT2D eigenvalue weighted by Gasteiger charge is -2.15. The minimum Gasteiger partial charge on any atom is -0.323 e. The molecule has 0 spiro atoms. The van der Waals surface area contributed by atoms with Crippen molar-refractivity contribution in [3.8, 4) is 11.1 Å². The first-order valence-corrected chi connectivity index (χ1v) is 10.6. The van der Waals surface area contributed by atoms with Gasteiger partial charge in [0.05, 0.1) is 11.2 Å². The number of nitrogens with two attached hydrogens (primary N) is 1. The number of carbonyl (C=O) groups is 1. The van der Waals surface area contributed by atoms with Crippen LogP contribution in [0.2, 0.25) is 0 Å². The van der Waals surface area contributed by atoms with Crippen LogP contribution in [0.5, 0.6) is 0 Å². The Labute approximate surface area is 186 Å². The van der Waals surface area contributed by atoms with Gasteiger partial charge >= 0.3 is 0 Å². The van der Waals surface area contributed by atoms with Gasteiger partial charge in [-0.2, -0.15) is 0 Å². The lowest BCUT2D eigenvalue weighted by molar-refractivity contribution is 0.102. The molecule has 0 aliphatic heterocycles. The zero-order valence-corrected chi connectivity index (χ0v) is 18.0. The number of hydrogen-bond donors (Lipinski definition) is 2. The van der Waals surface area contributed by atoms with Crippen molar-refractivity contribution in [2.75, 3.05) is 5.32 Å². The fourth-order valence-electron chi connectivity index (χ4n) is 3.71. The van der Waals surface area contributed by atoms with E-state index in [1.807, 2.05) is 36.4 Å². The minimum absolute atomic E-state index is 0.133. The molecule has 0 aliphatic rings. The molecule has 3 N–H and O–H groups in total. The topological polar surface area (TPSA) is 80.9 Å². The quantitative estimate of drug-likeness (QED) is 0.411. The van der Waals surface area contributed by atoms with E-state index in [0.29, 0.717) is 11.7 Å². The highest BCUT2D eigenvalue weighted by Crippen LogP contribution is 2.30. The van der Waals surface area contributed by atoms with Crippen LogP contribution < -0.4 is 11.1 Å². The third-order valence-corrected chi connectivity index (χ3v) is 5.25. The summed E-state index contributed by atoms with van der Waals surface area (Å²) in [5, 5.41) is 3.74. The number of aromatic nitrogens is 2. The largest absolute Gasteiger partial charge is 0.323 e. The van der Waals surface area contributed by atoms with Gasteiger partial charge in [-0.05, 0) is 54.3 Å². The van der Waals surface area contributed by atoms with E-state index in [2.05, 4.69) is 24.1 Å². The number of benzene rings is 2. The number of anilines is 1. The summed E-state index contributed by atoms with van der Waals surface area (Å²) in [6.45, 7) is 4.28. The zero-order valence-electron chi connectivity index (χ0n) is 18.0. The number of nitrogens with one attached hydrogen (secondary N) is 1. The lowest BCUT2D eigenvalue weighted by Crippen LogP contribution is -2.14. The van der Waals surface area contributed by atoms with E-state index >= 15 is 0 Å². The summed E-state index contributed by atoms with van der Waals surface area (Å²) in [5.41, 5.74) is 10.1. The van der Waals surface area contributed by atoms with Crippen molar-refractivity contribution in [2.45, 2.75) is 26.3 Å². The van der Waals surface area contributed by atoms with Crippen molar-refractivity contribution in [3.63, 3.8) is 0 Å². The Kier molecular flexibility index (Phi) is 6.23. The molecule has 5 nitrogen and oxygen atoms in total. The van der Waals surface area contributed by atoms with Gasteiger partial charge in [-0.1, -0.05) is 44.2 Å². The van der Waals surface area contributed by atoms with Crippen molar-refractivity contribution >= 4 is 22.6 Å². The summed E-state index contributed by atoms with van der Waals surface area (Å²) in [5.74, 6) is -0.0385. The summed E-state index contributed by atoms with van der Waals surface area (Å²) in [4.78, 5) is 21.6. The number of carbonyl (C=O) groups excluding carboxylic acids is 1. The number of hydrogen-bond acceptors (Lipinski definition) is 4. The molecule has 4 rings (SSSR count). The lowest BCUT2D eigenvalue weighted by atomic mass is 9.99. The van der Waals surface area contributed by atoms with E-state index in [1.165, 1.54) is 18.2 Å². The Morgan fingerprint density at radius 1 is 1.06 bits per heavy atom. The van der Waals surface area contributed by atoms with Gasteiger partial charge in [0.25, 0.3) is 5.91 Å². The number of halogens is 1. The van der Waals surface area contributed by atoms with Crippen LogP contribution in [0.15, 0.2) is 72.9 Å². The molecule has 0 saturated heterocycles. The average molecular weight is 429 g/mol. The Morgan fingerprint density at radius 3 is 2.66 bits per heavy atom. The number of rotatable bonds is 6. The maximum Gasteiger partial charge on any atom is 0.256 e. The summed E-state index contributed by atoms with van der Waals surface area (Å²) in [7, 11) is 0. The molecule has 1 atom stereocenters. The van der Waals surface area contributed by atoms with Gasteiger partial charge < -0.3 is 11.1 Å². The molecule has 2 aromatic carbocycles. The molecule has 1 unspecified atom stereocenters. The molecule has 0 bridgehead atoms. The van der Waals surface area contributed by atoms with Crippen LogP contribution in [-0.2, 0) is 0 Å². The Morgan fingerprint density at radius 2 is 1.88 bits per heavy atom. The smallest absolute Gasteiger partial charge is 0.256 e. The van der Waals surface area contributed by atoms with Gasteiger partial charge in [-0.25, -0.2) is 9.37 Å². The maximum atomic E-state index is 13.4. The molecule has 2 aromatic heterocycles. The highest BCUT2D eigenvalue weighted by atomic mass is 19.1. The average Bonchev–Trinajstić information content (AvgIpc) is 2.78. The first kappa shape index (κ1) is 21.6. The second-order valence-electron chi connectivity index (χ2n) is 8.24. The molecule has 4 aromatic rings. The Hall–Kier alpha value is -3.64. The van der Waals surface area contributed by atoms with Gasteiger partial charge in [-0.15, -0.1) is 0 Å². The minimum atomic E-state index is -0.465. The molecule has 0 aliphatic carbocycles. The Bertz CT molecular complexity index is 1270. The number of fused-ring (bicyclic) bond motifs is 1. The predicted molar refractivity (Wildman–Crippen MR) is 126 cm³/mol. The number of pyridine rings is 2. The first-order valence-electron chi connectivity index (χ1n) is 10.6. The predicted octanol–water partition coefficient (Wildman–Crippen LogP) is 5.73. The molecule has 32 heavy (non-hydrogen) atoms. The van der Waals surface area contributed by atoms with Gasteiger partial charge in [0.1, 0.15) is 11.6 Å². The molecular weight excluding hydrogens is 403 g/mol. The molecule has 2 heterocycles. The van der Waals surface area contributed by atoms with E-state index in [4.69, 9.17) is 10.7 Å². The standard InChI is InChI=1S/C26H25FN4O/c1-16(2)13-22(28)23-10-9-17-5-4-8-21(25(17)30-23)18-11-12-29-24(15-18)31-26(32)19-6-3-7-20(27)14-19/h3-12,14-16,22H,13,28H2,1-2H3,(H,29,31,32). The summed E-state index contributed by atoms with van der Waals surface area (Å²) in [6.07, 6.45) is 2.48. The Balaban J connectivity index is 1.67. The highest BCUT2D eigenvalue weighted by molar-refractivity contribution is 6.04. The summed E-state index contributed by atoms with van der Waals surface area (Å²) in [6, 6.07) is 19.0. The fourth-order valence-corrected chi connectivity index (χ4v) is 3.71. The number of amides is 1. The van der Waals surface area contributed by atoms with Crippen LogP contribution in [-0.4, -0.2) is 15.9 Å². The third-order valence-electron chi connectivity index (χ3n) is 5.25. The molecular formula is C26H25FN4O. The molecule has 6 heteroatoms.